The molecule has 3 rings (SSSR count). The number of benzene rings is 2. The summed E-state index contributed by atoms with van der Waals surface area (Å²) in [7, 11) is 0. The van der Waals surface area contributed by atoms with E-state index in [4.69, 9.17) is 0 Å². The van der Waals surface area contributed by atoms with Gasteiger partial charge in [-0.25, -0.2) is 8.78 Å². The van der Waals surface area contributed by atoms with Crippen molar-refractivity contribution in [2.45, 2.75) is 13.0 Å². The fourth-order valence-corrected chi connectivity index (χ4v) is 2.45. The molecule has 0 aliphatic carbocycles. The monoisotopic (exact) mass is 288 g/mol. The summed E-state index contributed by atoms with van der Waals surface area (Å²) in [6.07, 6.45) is 0.937. The van der Waals surface area contributed by atoms with Crippen LogP contribution in [0.5, 0.6) is 0 Å². The number of hydrogen-bond acceptors (Lipinski definition) is 2. The standard InChI is InChI=1S/C16H14F2N2O/c17-13-6-14(18)8-15(7-13)20-16(21)11-2-1-10-3-4-19-9-12(10)5-11/h1-2,5-8,19H,3-4,9H2,(H,20,21). The van der Waals surface area contributed by atoms with Crippen LogP contribution in [-0.4, -0.2) is 12.5 Å². The molecule has 0 atom stereocenters. The van der Waals surface area contributed by atoms with Gasteiger partial charge in [0, 0.05) is 23.9 Å². The molecule has 0 saturated heterocycles. The molecular weight excluding hydrogens is 274 g/mol. The molecule has 0 spiro atoms. The Kier molecular flexibility index (Phi) is 3.66. The molecule has 0 unspecified atom stereocenters. The van der Waals surface area contributed by atoms with Crippen molar-refractivity contribution in [3.05, 3.63) is 64.7 Å². The Hall–Kier alpha value is -2.27. The molecule has 108 valence electrons. The van der Waals surface area contributed by atoms with Crippen molar-refractivity contribution in [3.8, 4) is 0 Å². The molecule has 0 fully saturated rings. The van der Waals surface area contributed by atoms with Crippen LogP contribution < -0.4 is 10.6 Å². The van der Waals surface area contributed by atoms with Crippen molar-refractivity contribution in [1.29, 1.82) is 0 Å². The van der Waals surface area contributed by atoms with E-state index < -0.39 is 11.6 Å². The van der Waals surface area contributed by atoms with Gasteiger partial charge in [0.1, 0.15) is 11.6 Å². The summed E-state index contributed by atoms with van der Waals surface area (Å²) in [5, 5.41) is 5.75. The molecule has 21 heavy (non-hydrogen) atoms. The molecule has 2 aromatic rings. The second-order valence-electron chi connectivity index (χ2n) is 5.02. The van der Waals surface area contributed by atoms with Gasteiger partial charge >= 0.3 is 0 Å². The van der Waals surface area contributed by atoms with Crippen LogP contribution in [0.15, 0.2) is 36.4 Å². The average Bonchev–Trinajstić information content (AvgIpc) is 2.45. The van der Waals surface area contributed by atoms with Gasteiger partial charge < -0.3 is 10.6 Å². The predicted octanol–water partition coefficient (Wildman–Crippen LogP) is 2.86. The van der Waals surface area contributed by atoms with Crippen LogP contribution in [0.3, 0.4) is 0 Å². The van der Waals surface area contributed by atoms with E-state index in [1.807, 2.05) is 12.1 Å². The summed E-state index contributed by atoms with van der Waals surface area (Å²) in [6, 6.07) is 8.40. The van der Waals surface area contributed by atoms with Gasteiger partial charge in [0.15, 0.2) is 0 Å². The van der Waals surface area contributed by atoms with Crippen LogP contribution in [0.2, 0.25) is 0 Å². The van der Waals surface area contributed by atoms with Crippen LogP contribution in [0.25, 0.3) is 0 Å². The Bertz CT molecular complexity index is 680. The molecule has 1 aliphatic heterocycles. The lowest BCUT2D eigenvalue weighted by atomic mass is 9.98. The molecule has 0 bridgehead atoms. The largest absolute Gasteiger partial charge is 0.322 e. The molecule has 2 N–H and O–H groups in total. The molecule has 2 aromatic carbocycles. The van der Waals surface area contributed by atoms with Crippen LogP contribution in [0.1, 0.15) is 21.5 Å². The lowest BCUT2D eigenvalue weighted by Gasteiger charge is -2.17. The first kappa shape index (κ1) is 13.7. The normalized spacial score (nSPS) is 13.6. The molecule has 3 nitrogen and oxygen atoms in total. The summed E-state index contributed by atoms with van der Waals surface area (Å²) in [5.74, 6) is -1.83. The number of carbonyl (C=O) groups is 1. The molecule has 1 aliphatic rings. The van der Waals surface area contributed by atoms with Gasteiger partial charge in [-0.05, 0) is 48.4 Å². The third kappa shape index (κ3) is 3.08. The maximum atomic E-state index is 13.1. The first-order valence-electron chi connectivity index (χ1n) is 6.72. The fourth-order valence-electron chi connectivity index (χ4n) is 2.45. The zero-order valence-electron chi connectivity index (χ0n) is 11.2. The summed E-state index contributed by atoms with van der Waals surface area (Å²) in [5.41, 5.74) is 2.89. The second kappa shape index (κ2) is 5.61. The lowest BCUT2D eigenvalue weighted by Crippen LogP contribution is -2.24. The van der Waals surface area contributed by atoms with Crippen LogP contribution in [0, 0.1) is 11.6 Å². The lowest BCUT2D eigenvalue weighted by molar-refractivity contribution is 0.102. The van der Waals surface area contributed by atoms with E-state index in [0.717, 1.165) is 43.3 Å². The second-order valence-corrected chi connectivity index (χ2v) is 5.02. The van der Waals surface area contributed by atoms with E-state index in [1.165, 1.54) is 5.56 Å². The number of hydrogen-bond donors (Lipinski definition) is 2. The molecule has 0 aromatic heterocycles. The van der Waals surface area contributed by atoms with Crippen LogP contribution in [0.4, 0.5) is 14.5 Å². The van der Waals surface area contributed by atoms with E-state index in [9.17, 15) is 13.6 Å². The number of fused-ring (bicyclic) bond motifs is 1. The van der Waals surface area contributed by atoms with Gasteiger partial charge in [-0.3, -0.25) is 4.79 Å². The Morgan fingerprint density at radius 2 is 1.81 bits per heavy atom. The van der Waals surface area contributed by atoms with Crippen LogP contribution >= 0.6 is 0 Å². The van der Waals surface area contributed by atoms with E-state index in [1.54, 1.807) is 6.07 Å². The highest BCUT2D eigenvalue weighted by molar-refractivity contribution is 6.04. The topological polar surface area (TPSA) is 41.1 Å². The highest BCUT2D eigenvalue weighted by atomic mass is 19.1. The Morgan fingerprint density at radius 3 is 2.57 bits per heavy atom. The van der Waals surface area contributed by atoms with Gasteiger partial charge in [-0.1, -0.05) is 6.07 Å². The number of nitrogens with one attached hydrogen (secondary N) is 2. The van der Waals surface area contributed by atoms with E-state index >= 15 is 0 Å². The maximum absolute atomic E-state index is 13.1. The summed E-state index contributed by atoms with van der Waals surface area (Å²) in [4.78, 5) is 12.1. The minimum Gasteiger partial charge on any atom is -0.322 e. The Morgan fingerprint density at radius 1 is 1.05 bits per heavy atom. The molecular formula is C16H14F2N2O. The Labute approximate surface area is 121 Å². The first-order chi connectivity index (χ1) is 10.1. The van der Waals surface area contributed by atoms with E-state index in [0.29, 0.717) is 5.56 Å². The van der Waals surface area contributed by atoms with Crippen molar-refractivity contribution in [3.63, 3.8) is 0 Å². The van der Waals surface area contributed by atoms with Gasteiger partial charge in [-0.2, -0.15) is 0 Å². The van der Waals surface area contributed by atoms with Gasteiger partial charge in [0.2, 0.25) is 0 Å². The van der Waals surface area contributed by atoms with Crippen molar-refractivity contribution >= 4 is 11.6 Å². The van der Waals surface area contributed by atoms with Crippen molar-refractivity contribution in [2.75, 3.05) is 11.9 Å². The summed E-state index contributed by atoms with van der Waals surface area (Å²) in [6.45, 7) is 1.66. The minimum atomic E-state index is -0.722. The zero-order valence-corrected chi connectivity index (χ0v) is 11.2. The highest BCUT2D eigenvalue weighted by Crippen LogP contribution is 2.18. The number of amides is 1. The molecule has 1 amide bonds. The van der Waals surface area contributed by atoms with Gasteiger partial charge in [0.25, 0.3) is 5.91 Å². The third-order valence-electron chi connectivity index (χ3n) is 3.48. The number of carbonyl (C=O) groups excluding carboxylic acids is 1. The van der Waals surface area contributed by atoms with Crippen LogP contribution in [-0.2, 0) is 13.0 Å². The molecule has 0 radical (unpaired) electrons. The van der Waals surface area contributed by atoms with E-state index in [-0.39, 0.29) is 11.6 Å². The number of halogens is 2. The van der Waals surface area contributed by atoms with E-state index in [2.05, 4.69) is 10.6 Å². The van der Waals surface area contributed by atoms with Crippen molar-refractivity contribution < 1.29 is 13.6 Å². The average molecular weight is 288 g/mol. The maximum Gasteiger partial charge on any atom is 0.255 e. The van der Waals surface area contributed by atoms with Gasteiger partial charge in [0.05, 0.1) is 0 Å². The van der Waals surface area contributed by atoms with Crippen molar-refractivity contribution in [1.82, 2.24) is 5.32 Å². The zero-order chi connectivity index (χ0) is 14.8. The first-order valence-corrected chi connectivity index (χ1v) is 6.72. The summed E-state index contributed by atoms with van der Waals surface area (Å²) >= 11 is 0. The smallest absolute Gasteiger partial charge is 0.255 e. The molecule has 5 heteroatoms. The number of anilines is 1. The summed E-state index contributed by atoms with van der Waals surface area (Å²) < 4.78 is 26.2. The molecule has 1 heterocycles. The minimum absolute atomic E-state index is 0.105. The quantitative estimate of drug-likeness (QED) is 0.892. The van der Waals surface area contributed by atoms with Gasteiger partial charge in [-0.15, -0.1) is 0 Å². The fraction of sp³-hybridized carbons (Fsp3) is 0.188. The SMILES string of the molecule is O=C(Nc1cc(F)cc(F)c1)c1ccc2c(c1)CNCC2. The Balaban J connectivity index is 1.82. The number of rotatable bonds is 2. The third-order valence-corrected chi connectivity index (χ3v) is 3.48. The molecule has 0 saturated carbocycles. The predicted molar refractivity (Wildman–Crippen MR) is 76.2 cm³/mol. The highest BCUT2D eigenvalue weighted by Gasteiger charge is 2.13. The van der Waals surface area contributed by atoms with Crippen molar-refractivity contribution in [2.24, 2.45) is 0 Å².